The molecule has 14 heteroatoms. The van der Waals surface area contributed by atoms with Gasteiger partial charge in [-0.25, -0.2) is 0 Å². The summed E-state index contributed by atoms with van der Waals surface area (Å²) in [5.74, 6) is 0. The summed E-state index contributed by atoms with van der Waals surface area (Å²) in [5.41, 5.74) is 0. The molecule has 0 amide bonds. The topological polar surface area (TPSA) is 207 Å². The van der Waals surface area contributed by atoms with Gasteiger partial charge in [0, 0.05) is 10.4 Å². The smallest absolute Gasteiger partial charge is 0.759 e. The fourth-order valence-electron chi connectivity index (χ4n) is 0. The maximum atomic E-state index is 8.52. The summed E-state index contributed by atoms with van der Waals surface area (Å²) in [6.45, 7) is 0. The Labute approximate surface area is 180 Å². The van der Waals surface area contributed by atoms with E-state index in [9.17, 15) is 0 Å². The van der Waals surface area contributed by atoms with Crippen molar-refractivity contribution >= 4 is 136 Å². The molecule has 0 radical (unpaired) electrons. The Morgan fingerprint density at radius 2 is 0.688 bits per heavy atom. The van der Waals surface area contributed by atoms with Crippen molar-refractivity contribution < 1.29 is 47.5 Å². The average molecular weight is 336 g/mol. The summed E-state index contributed by atoms with van der Waals surface area (Å²) in [4.78, 5) is 16.7. The third-order valence-electron chi connectivity index (χ3n) is 0. The fraction of sp³-hybridized carbons (Fsp3) is 0. The number of carbonyl (C=O) groups excluding carboxylic acids is 2. The van der Waals surface area contributed by atoms with Crippen LogP contribution in [0.3, 0.4) is 0 Å². The second kappa shape index (κ2) is 22.4. The monoisotopic (exact) mass is 336 g/mol. The molecule has 0 aromatic rings. The molecule has 0 fully saturated rings. The summed E-state index contributed by atoms with van der Waals surface area (Å²) in [5, 5.41) is 33.3. The molecule has 0 bridgehead atoms. The molecule has 0 aromatic carbocycles. The minimum absolute atomic E-state index is 0. The van der Waals surface area contributed by atoms with Crippen LogP contribution in [-0.4, -0.2) is 143 Å². The van der Waals surface area contributed by atoms with Crippen LogP contribution in [0.1, 0.15) is 0 Å². The summed E-state index contributed by atoms with van der Waals surface area (Å²) >= 11 is 0. The number of carboxylic acid groups (broad SMARTS) is 4. The van der Waals surface area contributed by atoms with E-state index in [4.69, 9.17) is 47.5 Å². The van der Waals surface area contributed by atoms with Gasteiger partial charge in [0.2, 0.25) is 0 Å². The molecular formula is C2Ca3O10S. The van der Waals surface area contributed by atoms with Crippen molar-refractivity contribution in [2.75, 3.05) is 0 Å². The number of hydrogen-bond acceptors (Lipinski definition) is 10. The summed E-state index contributed by atoms with van der Waals surface area (Å²) in [7, 11) is -5.17. The normalized spacial score (nSPS) is 6.62. The van der Waals surface area contributed by atoms with E-state index in [1.54, 1.807) is 0 Å². The molecule has 0 aromatic heterocycles. The van der Waals surface area contributed by atoms with Gasteiger partial charge in [0.05, 0.1) is 0 Å². The third-order valence-corrected chi connectivity index (χ3v) is 0. The van der Waals surface area contributed by atoms with Gasteiger partial charge >= 0.3 is 113 Å². The fourth-order valence-corrected chi connectivity index (χ4v) is 0. The Balaban J connectivity index is -0.0000000216. The molecule has 80 valence electrons. The Hall–Kier alpha value is 2.19. The molecule has 16 heavy (non-hydrogen) atoms. The van der Waals surface area contributed by atoms with Crippen LogP contribution >= 0.6 is 0 Å². The molecule has 0 unspecified atom stereocenters. The van der Waals surface area contributed by atoms with Crippen molar-refractivity contribution in [3.8, 4) is 0 Å². The van der Waals surface area contributed by atoms with Crippen LogP contribution in [0.5, 0.6) is 0 Å². The molecule has 0 saturated heterocycles. The van der Waals surface area contributed by atoms with Crippen LogP contribution in [0.4, 0.5) is 9.59 Å². The number of hydrogen-bond donors (Lipinski definition) is 0. The van der Waals surface area contributed by atoms with E-state index in [1.165, 1.54) is 0 Å². The molecule has 0 heterocycles. The first-order valence-corrected chi connectivity index (χ1v) is 3.22. The van der Waals surface area contributed by atoms with Crippen LogP contribution in [0.2, 0.25) is 0 Å². The molecule has 0 aliphatic rings. The minimum Gasteiger partial charge on any atom is -0.759 e. The predicted octanol–water partition coefficient (Wildman–Crippen LogP) is -7.37. The van der Waals surface area contributed by atoms with Crippen LogP contribution in [0.25, 0.3) is 0 Å². The Morgan fingerprint density at radius 1 is 0.688 bits per heavy atom. The maximum absolute atomic E-state index is 8.52. The largest absolute Gasteiger partial charge is 2.00 e. The van der Waals surface area contributed by atoms with Crippen molar-refractivity contribution in [3.63, 3.8) is 0 Å². The molecule has 0 N–H and O–H groups in total. The van der Waals surface area contributed by atoms with Crippen LogP contribution in [-0.2, 0) is 10.4 Å². The average Bonchev–Trinajstić information content (AvgIpc) is 1.50. The zero-order valence-electron chi connectivity index (χ0n) is 7.61. The maximum Gasteiger partial charge on any atom is 2.00 e. The van der Waals surface area contributed by atoms with Gasteiger partial charge in [-0.15, -0.1) is 0 Å². The van der Waals surface area contributed by atoms with E-state index in [2.05, 4.69) is 0 Å². The van der Waals surface area contributed by atoms with Crippen molar-refractivity contribution in [2.24, 2.45) is 0 Å². The third kappa shape index (κ3) is 779. The SMILES string of the molecule is O=C([O-])[O-].O=C([O-])[O-].O=S(=O)([O-])[O-].[Ca+2].[Ca+2].[Ca+2]. The molecule has 0 atom stereocenters. The first-order valence-electron chi connectivity index (χ1n) is 1.89. The first kappa shape index (κ1) is 36.2. The van der Waals surface area contributed by atoms with Crippen LogP contribution < -0.4 is 20.4 Å². The summed E-state index contributed by atoms with van der Waals surface area (Å²) in [6.07, 6.45) is -4.67. The van der Waals surface area contributed by atoms with Crippen LogP contribution in [0.15, 0.2) is 0 Å². The second-order valence-corrected chi connectivity index (χ2v) is 1.72. The molecule has 10 nitrogen and oxygen atoms in total. The molecule has 0 aliphatic heterocycles. The van der Waals surface area contributed by atoms with Crippen LogP contribution in [0, 0.1) is 0 Å². The molecule has 0 aliphatic carbocycles. The Morgan fingerprint density at radius 3 is 0.688 bits per heavy atom. The van der Waals surface area contributed by atoms with Gasteiger partial charge in [0.15, 0.2) is 0 Å². The summed E-state index contributed by atoms with van der Waals surface area (Å²) < 4.78 is 34.1. The van der Waals surface area contributed by atoms with Gasteiger partial charge in [0.25, 0.3) is 0 Å². The van der Waals surface area contributed by atoms with Crippen molar-refractivity contribution in [2.45, 2.75) is 0 Å². The van der Waals surface area contributed by atoms with E-state index in [0.29, 0.717) is 0 Å². The second-order valence-electron chi connectivity index (χ2n) is 0.908. The van der Waals surface area contributed by atoms with E-state index in [-0.39, 0.29) is 113 Å². The summed E-state index contributed by atoms with van der Waals surface area (Å²) in [6, 6.07) is 0. The van der Waals surface area contributed by atoms with Gasteiger partial charge in [-0.3, -0.25) is 8.42 Å². The molecule has 0 spiro atoms. The van der Waals surface area contributed by atoms with Gasteiger partial charge < -0.3 is 39.1 Å². The minimum atomic E-state index is -5.17. The van der Waals surface area contributed by atoms with E-state index < -0.39 is 22.7 Å². The van der Waals surface area contributed by atoms with Gasteiger partial charge in [0.1, 0.15) is 0 Å². The number of rotatable bonds is 0. The Bertz CT molecular complexity index is 219. The van der Waals surface area contributed by atoms with E-state index in [0.717, 1.165) is 0 Å². The van der Waals surface area contributed by atoms with E-state index >= 15 is 0 Å². The van der Waals surface area contributed by atoms with Crippen molar-refractivity contribution in [3.05, 3.63) is 0 Å². The standard InChI is InChI=1S/2CH2O3.3Ca.H2O4S/c2*2-1(3)4;;;;1-5(2,3)4/h2*(H2,2,3,4);;;;(H2,1,2,3,4)/q;;3*+2;/p-6. The van der Waals surface area contributed by atoms with Gasteiger partial charge in [-0.05, 0) is 12.3 Å². The van der Waals surface area contributed by atoms with E-state index in [1.807, 2.05) is 0 Å². The quantitative estimate of drug-likeness (QED) is 0.232. The molecule has 0 rings (SSSR count). The van der Waals surface area contributed by atoms with Crippen molar-refractivity contribution in [1.82, 2.24) is 0 Å². The first-order chi connectivity index (χ1) is 5.46. The van der Waals surface area contributed by atoms with Gasteiger partial charge in [-0.1, -0.05) is 0 Å². The predicted molar refractivity (Wildman–Crippen MR) is 38.5 cm³/mol. The Kier molecular flexibility index (Phi) is 50.6. The zero-order valence-corrected chi connectivity index (χ0v) is 15.1. The molecular weight excluding hydrogens is 336 g/mol. The zero-order chi connectivity index (χ0) is 11.7. The van der Waals surface area contributed by atoms with Gasteiger partial charge in [-0.2, -0.15) is 0 Å². The number of carbonyl (C=O) groups is 2. The van der Waals surface area contributed by atoms with Crippen molar-refractivity contribution in [1.29, 1.82) is 0 Å². The molecule has 0 saturated carbocycles.